The van der Waals surface area contributed by atoms with E-state index in [-0.39, 0.29) is 18.4 Å². The molecule has 1 aromatic carbocycles. The quantitative estimate of drug-likeness (QED) is 0.739. The Labute approximate surface area is 174 Å². The van der Waals surface area contributed by atoms with E-state index in [1.807, 2.05) is 28.0 Å². The molecule has 1 fully saturated rings. The van der Waals surface area contributed by atoms with Crippen molar-refractivity contribution in [1.29, 1.82) is 0 Å². The van der Waals surface area contributed by atoms with Gasteiger partial charge in [-0.2, -0.15) is 0 Å². The number of piperazine rings is 1. The zero-order valence-electron chi connectivity index (χ0n) is 16.6. The number of aryl methyl sites for hydroxylation is 2. The molecule has 1 aliphatic heterocycles. The molecule has 1 N–H and O–H groups in total. The minimum atomic E-state index is -0.144. The number of halogens is 1. The number of anilines is 1. The Morgan fingerprint density at radius 2 is 2.00 bits per heavy atom. The van der Waals surface area contributed by atoms with Gasteiger partial charge in [-0.3, -0.25) is 14.5 Å². The summed E-state index contributed by atoms with van der Waals surface area (Å²) in [6.07, 6.45) is 1.05. The maximum absolute atomic E-state index is 12.5. The number of rotatable bonds is 7. The highest BCUT2D eigenvalue weighted by molar-refractivity contribution is 6.32. The van der Waals surface area contributed by atoms with Crippen molar-refractivity contribution in [2.24, 2.45) is 0 Å². The van der Waals surface area contributed by atoms with Crippen LogP contribution in [0.4, 0.5) is 5.82 Å². The van der Waals surface area contributed by atoms with Crippen LogP contribution in [-0.4, -0.2) is 66.6 Å². The third-order valence-corrected chi connectivity index (χ3v) is 5.13. The predicted molar refractivity (Wildman–Crippen MR) is 109 cm³/mol. The second kappa shape index (κ2) is 9.76. The molecule has 156 valence electrons. The first-order valence-corrected chi connectivity index (χ1v) is 9.88. The number of nitrogens with zero attached hydrogens (tertiary/aromatic N) is 3. The fraction of sp³-hybridized carbons (Fsp3) is 0.450. The molecule has 9 heteroatoms. The van der Waals surface area contributed by atoms with Gasteiger partial charge in [-0.1, -0.05) is 22.8 Å². The topological polar surface area (TPSA) is 87.9 Å². The van der Waals surface area contributed by atoms with Crippen molar-refractivity contribution in [2.75, 3.05) is 45.2 Å². The number of hydrogen-bond acceptors (Lipinski definition) is 6. The highest BCUT2D eigenvalue weighted by Crippen LogP contribution is 2.25. The largest absolute Gasteiger partial charge is 0.495 e. The van der Waals surface area contributed by atoms with Gasteiger partial charge in [0.1, 0.15) is 11.5 Å². The second-order valence-electron chi connectivity index (χ2n) is 7.00. The van der Waals surface area contributed by atoms with E-state index in [4.69, 9.17) is 20.9 Å². The number of amides is 2. The van der Waals surface area contributed by atoms with E-state index in [0.29, 0.717) is 61.4 Å². The number of carbonyl (C=O) groups excluding carboxylic acids is 2. The van der Waals surface area contributed by atoms with Crippen LogP contribution in [0.3, 0.4) is 0 Å². The van der Waals surface area contributed by atoms with Gasteiger partial charge in [0.25, 0.3) is 0 Å². The molecule has 3 rings (SSSR count). The molecule has 2 aromatic rings. The normalized spacial score (nSPS) is 14.7. The summed E-state index contributed by atoms with van der Waals surface area (Å²) in [5, 5.41) is 7.01. The molecule has 2 heterocycles. The van der Waals surface area contributed by atoms with Gasteiger partial charge in [0.2, 0.25) is 11.8 Å². The molecule has 0 radical (unpaired) electrons. The molecular formula is C20H25ClN4O4. The van der Waals surface area contributed by atoms with Gasteiger partial charge in [0.05, 0.1) is 18.7 Å². The lowest BCUT2D eigenvalue weighted by Crippen LogP contribution is -2.50. The second-order valence-corrected chi connectivity index (χ2v) is 7.40. The van der Waals surface area contributed by atoms with Crippen molar-refractivity contribution < 1.29 is 18.8 Å². The molecule has 2 amide bonds. The molecule has 0 aliphatic carbocycles. The third kappa shape index (κ3) is 5.95. The third-order valence-electron chi connectivity index (χ3n) is 4.83. The van der Waals surface area contributed by atoms with Crippen molar-refractivity contribution in [2.45, 2.75) is 19.8 Å². The van der Waals surface area contributed by atoms with Gasteiger partial charge < -0.3 is 19.5 Å². The Morgan fingerprint density at radius 1 is 1.24 bits per heavy atom. The Hall–Kier alpha value is -2.58. The molecule has 1 aliphatic rings. The average Bonchev–Trinajstić information content (AvgIpc) is 3.11. The number of nitrogens with one attached hydrogen (secondary N) is 1. The van der Waals surface area contributed by atoms with Crippen LogP contribution >= 0.6 is 11.6 Å². The fourth-order valence-electron chi connectivity index (χ4n) is 3.24. The first kappa shape index (κ1) is 21.1. The van der Waals surface area contributed by atoms with Crippen LogP contribution in [-0.2, 0) is 16.0 Å². The first-order valence-electron chi connectivity index (χ1n) is 9.50. The minimum Gasteiger partial charge on any atom is -0.495 e. The summed E-state index contributed by atoms with van der Waals surface area (Å²) in [5.74, 6) is 1.65. The lowest BCUT2D eigenvalue weighted by atomic mass is 10.1. The van der Waals surface area contributed by atoms with E-state index >= 15 is 0 Å². The summed E-state index contributed by atoms with van der Waals surface area (Å²) in [6.45, 7) is 4.56. The lowest BCUT2D eigenvalue weighted by molar-refractivity contribution is -0.133. The maximum Gasteiger partial charge on any atom is 0.239 e. The van der Waals surface area contributed by atoms with Gasteiger partial charge in [0, 0.05) is 38.7 Å². The summed E-state index contributed by atoms with van der Waals surface area (Å²) in [5.41, 5.74) is 1.00. The van der Waals surface area contributed by atoms with E-state index in [1.54, 1.807) is 20.1 Å². The van der Waals surface area contributed by atoms with Crippen LogP contribution < -0.4 is 10.1 Å². The summed E-state index contributed by atoms with van der Waals surface area (Å²) in [7, 11) is 1.57. The zero-order chi connectivity index (χ0) is 20.8. The van der Waals surface area contributed by atoms with E-state index in [1.165, 1.54) is 0 Å². The average molecular weight is 421 g/mol. The zero-order valence-corrected chi connectivity index (χ0v) is 17.4. The number of benzene rings is 1. The number of ether oxygens (including phenoxy) is 1. The van der Waals surface area contributed by atoms with Crippen molar-refractivity contribution in [3.05, 3.63) is 40.6 Å². The Balaban J connectivity index is 1.40. The van der Waals surface area contributed by atoms with Crippen molar-refractivity contribution in [3.8, 4) is 5.75 Å². The highest BCUT2D eigenvalue weighted by atomic mass is 35.5. The smallest absolute Gasteiger partial charge is 0.239 e. The standard InChI is InChI=1S/C20H25ClN4O4/c1-14-11-18(23-29-14)22-19(26)13-24-7-9-25(10-8-24)20(27)6-4-15-3-5-17(28-2)16(21)12-15/h3,5,11-12H,4,6-10,13H2,1-2H3,(H,22,23,26). The van der Waals surface area contributed by atoms with Crippen LogP contribution in [0.1, 0.15) is 17.7 Å². The van der Waals surface area contributed by atoms with E-state index in [9.17, 15) is 9.59 Å². The molecule has 8 nitrogen and oxygen atoms in total. The summed E-state index contributed by atoms with van der Waals surface area (Å²) < 4.78 is 10.1. The van der Waals surface area contributed by atoms with Gasteiger partial charge in [-0.15, -0.1) is 0 Å². The summed E-state index contributed by atoms with van der Waals surface area (Å²) >= 11 is 6.14. The van der Waals surface area contributed by atoms with Crippen molar-refractivity contribution >= 4 is 29.2 Å². The fourth-order valence-corrected chi connectivity index (χ4v) is 3.52. The predicted octanol–water partition coefficient (Wildman–Crippen LogP) is 2.36. The number of hydrogen-bond donors (Lipinski definition) is 1. The molecule has 0 unspecified atom stereocenters. The minimum absolute atomic E-state index is 0.110. The molecule has 29 heavy (non-hydrogen) atoms. The molecule has 0 atom stereocenters. The van der Waals surface area contributed by atoms with Gasteiger partial charge in [-0.25, -0.2) is 0 Å². The first-order chi connectivity index (χ1) is 13.9. The Kier molecular flexibility index (Phi) is 7.11. The highest BCUT2D eigenvalue weighted by Gasteiger charge is 2.22. The molecule has 1 saturated heterocycles. The number of methoxy groups -OCH3 is 1. The molecule has 0 bridgehead atoms. The van der Waals surface area contributed by atoms with Crippen LogP contribution in [0, 0.1) is 6.92 Å². The molecule has 0 saturated carbocycles. The van der Waals surface area contributed by atoms with Crippen LogP contribution in [0.5, 0.6) is 5.75 Å². The van der Waals surface area contributed by atoms with E-state index in [2.05, 4.69) is 10.5 Å². The van der Waals surface area contributed by atoms with Gasteiger partial charge in [-0.05, 0) is 31.0 Å². The van der Waals surface area contributed by atoms with Crippen LogP contribution in [0.15, 0.2) is 28.8 Å². The Bertz CT molecular complexity index is 862. The van der Waals surface area contributed by atoms with Crippen LogP contribution in [0.2, 0.25) is 5.02 Å². The van der Waals surface area contributed by atoms with E-state index in [0.717, 1.165) is 5.56 Å². The van der Waals surface area contributed by atoms with Gasteiger partial charge >= 0.3 is 0 Å². The monoisotopic (exact) mass is 420 g/mol. The molecular weight excluding hydrogens is 396 g/mol. The number of carbonyl (C=O) groups is 2. The molecule has 1 aromatic heterocycles. The van der Waals surface area contributed by atoms with Crippen molar-refractivity contribution in [3.63, 3.8) is 0 Å². The van der Waals surface area contributed by atoms with Crippen molar-refractivity contribution in [1.82, 2.24) is 15.0 Å². The van der Waals surface area contributed by atoms with Gasteiger partial charge in [0.15, 0.2) is 5.82 Å². The number of aromatic nitrogens is 1. The SMILES string of the molecule is COc1ccc(CCC(=O)N2CCN(CC(=O)Nc3cc(C)on3)CC2)cc1Cl. The lowest BCUT2D eigenvalue weighted by Gasteiger charge is -2.34. The Morgan fingerprint density at radius 3 is 2.62 bits per heavy atom. The van der Waals surface area contributed by atoms with E-state index < -0.39 is 0 Å². The van der Waals surface area contributed by atoms with Crippen LogP contribution in [0.25, 0.3) is 0 Å². The molecule has 0 spiro atoms. The maximum atomic E-state index is 12.5. The summed E-state index contributed by atoms with van der Waals surface area (Å²) in [6, 6.07) is 7.24. The summed E-state index contributed by atoms with van der Waals surface area (Å²) in [4.78, 5) is 28.5.